The van der Waals surface area contributed by atoms with Gasteiger partial charge in [0.15, 0.2) is 5.58 Å². The molecule has 0 aliphatic heterocycles. The summed E-state index contributed by atoms with van der Waals surface area (Å²) >= 11 is 4.94. The Kier molecular flexibility index (Phi) is 6.21. The van der Waals surface area contributed by atoms with Gasteiger partial charge in [-0.15, -0.1) is 0 Å². The molecule has 3 aromatic carbocycles. The predicted octanol–water partition coefficient (Wildman–Crippen LogP) is 7.94. The Morgan fingerprint density at radius 2 is 1.62 bits per heavy atom. The Morgan fingerprint density at radius 3 is 2.46 bits per heavy atom. The maximum atomic E-state index is 5.59. The topological polar surface area (TPSA) is 67.6 Å². The van der Waals surface area contributed by atoms with Gasteiger partial charge in [0.25, 0.3) is 0 Å². The first-order valence-corrected chi connectivity index (χ1v) is 13.4. The summed E-state index contributed by atoms with van der Waals surface area (Å²) in [6.07, 6.45) is 3.58. The van der Waals surface area contributed by atoms with E-state index in [1.807, 2.05) is 6.20 Å². The maximum absolute atomic E-state index is 5.59. The van der Waals surface area contributed by atoms with E-state index in [4.69, 9.17) is 22.1 Å². The van der Waals surface area contributed by atoms with Gasteiger partial charge in [0.05, 0.1) is 22.6 Å². The van der Waals surface area contributed by atoms with Crippen LogP contribution in [0.1, 0.15) is 66.1 Å². The zero-order valence-corrected chi connectivity index (χ0v) is 22.2. The number of benzene rings is 3. The van der Waals surface area contributed by atoms with E-state index in [9.17, 15) is 0 Å². The van der Waals surface area contributed by atoms with Crippen LogP contribution < -0.4 is 0 Å². The van der Waals surface area contributed by atoms with Crippen molar-refractivity contribution in [3.63, 3.8) is 0 Å². The van der Waals surface area contributed by atoms with Crippen molar-refractivity contribution < 1.29 is 4.52 Å². The normalized spacial score (nSPS) is 13.6. The Morgan fingerprint density at radius 1 is 0.838 bits per heavy atom. The Labute approximate surface area is 221 Å². The number of hydrogen-bond acceptors (Lipinski definition) is 5. The highest BCUT2D eigenvalue weighted by Crippen LogP contribution is 2.33. The van der Waals surface area contributed by atoms with Gasteiger partial charge in [0.2, 0.25) is 0 Å². The van der Waals surface area contributed by atoms with Crippen molar-refractivity contribution in [3.8, 4) is 0 Å². The second kappa shape index (κ2) is 9.67. The molecule has 0 amide bonds. The molecule has 0 aliphatic rings. The second-order valence-electron chi connectivity index (χ2n) is 10.3. The van der Waals surface area contributed by atoms with Crippen LogP contribution in [0.15, 0.2) is 77.4 Å². The van der Waals surface area contributed by atoms with E-state index in [-0.39, 0.29) is 5.25 Å². The molecule has 6 heteroatoms. The van der Waals surface area contributed by atoms with Crippen LogP contribution in [0.3, 0.4) is 0 Å². The van der Waals surface area contributed by atoms with Gasteiger partial charge in [-0.2, -0.15) is 17.7 Å². The summed E-state index contributed by atoms with van der Waals surface area (Å²) in [5.74, 6) is 0.624. The Balaban J connectivity index is 1.21. The molecule has 0 spiro atoms. The highest BCUT2D eigenvalue weighted by molar-refractivity contribution is 7.80. The summed E-state index contributed by atoms with van der Waals surface area (Å²) in [4.78, 5) is 4.72. The molecule has 2 atom stereocenters. The molecule has 3 aromatic heterocycles. The lowest BCUT2D eigenvalue weighted by Gasteiger charge is -2.14. The van der Waals surface area contributed by atoms with E-state index in [0.717, 1.165) is 57.4 Å². The van der Waals surface area contributed by atoms with E-state index in [1.54, 1.807) is 0 Å². The van der Waals surface area contributed by atoms with Gasteiger partial charge in [-0.1, -0.05) is 68.4 Å². The van der Waals surface area contributed by atoms with Crippen LogP contribution in [0.5, 0.6) is 0 Å². The second-order valence-corrected chi connectivity index (χ2v) is 10.9. The lowest BCUT2D eigenvalue weighted by molar-refractivity contribution is 0.441. The molecule has 37 heavy (non-hydrogen) atoms. The minimum Gasteiger partial charge on any atom is -0.356 e. The van der Waals surface area contributed by atoms with Crippen molar-refractivity contribution in [2.75, 3.05) is 0 Å². The average molecular weight is 507 g/mol. The number of nitrogens with one attached hydrogen (secondary N) is 1. The summed E-state index contributed by atoms with van der Waals surface area (Å²) in [5, 5.41) is 16.8. The monoisotopic (exact) mass is 506 g/mol. The molecule has 2 unspecified atom stereocenters. The number of aromatic nitrogens is 4. The average Bonchev–Trinajstić information content (AvgIpc) is 3.52. The first kappa shape index (κ1) is 23.7. The third-order valence-electron chi connectivity index (χ3n) is 7.24. The van der Waals surface area contributed by atoms with E-state index < -0.39 is 0 Å². The van der Waals surface area contributed by atoms with E-state index >= 15 is 0 Å². The summed E-state index contributed by atoms with van der Waals surface area (Å²) in [5.41, 5.74) is 7.39. The molecule has 0 bridgehead atoms. The van der Waals surface area contributed by atoms with Crippen LogP contribution in [-0.2, 0) is 12.8 Å². The first-order valence-electron chi connectivity index (χ1n) is 12.8. The summed E-state index contributed by atoms with van der Waals surface area (Å²) < 4.78 is 5.59. The molecular formula is C31H30N4OS. The molecule has 3 heterocycles. The third kappa shape index (κ3) is 4.51. The van der Waals surface area contributed by atoms with Crippen LogP contribution in [0.25, 0.3) is 32.6 Å². The number of pyridine rings is 1. The molecule has 0 radical (unpaired) electrons. The summed E-state index contributed by atoms with van der Waals surface area (Å²) in [7, 11) is 0. The number of nitrogens with zero attached hydrogens (tertiary/aromatic N) is 3. The largest absolute Gasteiger partial charge is 0.356 e. The van der Waals surface area contributed by atoms with Crippen molar-refractivity contribution in [2.24, 2.45) is 0 Å². The van der Waals surface area contributed by atoms with Gasteiger partial charge < -0.3 is 4.52 Å². The van der Waals surface area contributed by atoms with E-state index in [0.29, 0.717) is 11.8 Å². The molecule has 0 fully saturated rings. The Hall–Kier alpha value is -3.64. The SMILES string of the molecule is CC(C)c1noc2cc(CC(S)c3[nH]nc4cc(CC(C)c5nccc6ccccc56)ccc34)ccc12. The number of hydrogen-bond donors (Lipinski definition) is 2. The number of H-pyrrole nitrogens is 1. The van der Waals surface area contributed by atoms with Crippen LogP contribution >= 0.6 is 12.6 Å². The van der Waals surface area contributed by atoms with Crippen LogP contribution in [0.4, 0.5) is 0 Å². The number of thiol groups is 1. The van der Waals surface area contributed by atoms with Gasteiger partial charge in [-0.3, -0.25) is 10.1 Å². The molecule has 0 saturated carbocycles. The minimum absolute atomic E-state index is 0.0143. The lowest BCUT2D eigenvalue weighted by atomic mass is 9.93. The van der Waals surface area contributed by atoms with E-state index in [2.05, 4.69) is 103 Å². The number of rotatable bonds is 7. The lowest BCUT2D eigenvalue weighted by Crippen LogP contribution is -2.02. The third-order valence-corrected chi connectivity index (χ3v) is 7.68. The molecule has 6 rings (SSSR count). The van der Waals surface area contributed by atoms with Crippen molar-refractivity contribution in [2.45, 2.75) is 50.7 Å². The van der Waals surface area contributed by atoms with Crippen LogP contribution in [0, 0.1) is 0 Å². The zero-order valence-electron chi connectivity index (χ0n) is 21.3. The molecular weight excluding hydrogens is 476 g/mol. The molecule has 0 saturated heterocycles. The Bertz CT molecular complexity index is 1710. The molecule has 6 aromatic rings. The predicted molar refractivity (Wildman–Crippen MR) is 153 cm³/mol. The molecule has 186 valence electrons. The molecule has 1 N–H and O–H groups in total. The fraction of sp³-hybridized carbons (Fsp3) is 0.258. The zero-order chi connectivity index (χ0) is 25.5. The van der Waals surface area contributed by atoms with Gasteiger partial charge in [-0.05, 0) is 59.5 Å². The van der Waals surface area contributed by atoms with Crippen LogP contribution in [0.2, 0.25) is 0 Å². The van der Waals surface area contributed by atoms with Gasteiger partial charge in [-0.25, -0.2) is 0 Å². The number of aromatic amines is 1. The van der Waals surface area contributed by atoms with Crippen molar-refractivity contribution in [1.29, 1.82) is 0 Å². The number of fused-ring (bicyclic) bond motifs is 3. The quantitative estimate of drug-likeness (QED) is 0.216. The minimum atomic E-state index is -0.0143. The fourth-order valence-corrected chi connectivity index (χ4v) is 5.72. The smallest absolute Gasteiger partial charge is 0.167 e. The van der Waals surface area contributed by atoms with Crippen molar-refractivity contribution >= 4 is 45.3 Å². The van der Waals surface area contributed by atoms with Crippen molar-refractivity contribution in [3.05, 3.63) is 101 Å². The summed E-state index contributed by atoms with van der Waals surface area (Å²) in [6, 6.07) is 23.4. The first-order chi connectivity index (χ1) is 18.0. The van der Waals surface area contributed by atoms with E-state index in [1.165, 1.54) is 16.3 Å². The van der Waals surface area contributed by atoms with Gasteiger partial charge >= 0.3 is 0 Å². The molecule has 0 aliphatic carbocycles. The van der Waals surface area contributed by atoms with Gasteiger partial charge in [0, 0.05) is 33.5 Å². The fourth-order valence-electron chi connectivity index (χ4n) is 5.32. The molecule has 5 nitrogen and oxygen atoms in total. The highest BCUT2D eigenvalue weighted by Gasteiger charge is 2.18. The highest BCUT2D eigenvalue weighted by atomic mass is 32.1. The van der Waals surface area contributed by atoms with Crippen molar-refractivity contribution in [1.82, 2.24) is 20.3 Å². The maximum Gasteiger partial charge on any atom is 0.167 e. The van der Waals surface area contributed by atoms with Gasteiger partial charge in [0.1, 0.15) is 0 Å². The summed E-state index contributed by atoms with van der Waals surface area (Å²) in [6.45, 7) is 6.50. The standard InChI is InChI=1S/C31H30N4OS/c1-18(2)29-25-11-9-21(16-27(25)36-35-29)17-28(37)31-24-10-8-20(15-26(24)33-34-31)14-19(3)30-23-7-5-4-6-22(23)12-13-32-30/h4-13,15-16,18-19,28,37H,14,17H2,1-3H3,(H,33,34). The van der Waals surface area contributed by atoms with Crippen LogP contribution in [-0.4, -0.2) is 20.3 Å².